The van der Waals surface area contributed by atoms with E-state index in [2.05, 4.69) is 39.3 Å². The van der Waals surface area contributed by atoms with Crippen molar-refractivity contribution in [1.82, 2.24) is 19.4 Å². The Morgan fingerprint density at radius 2 is 1.86 bits per heavy atom. The molecule has 0 bridgehead atoms. The second-order valence-electron chi connectivity index (χ2n) is 8.32. The maximum Gasteiger partial charge on any atom is 0.274 e. The van der Waals surface area contributed by atoms with Crippen LogP contribution in [0, 0.1) is 5.92 Å². The van der Waals surface area contributed by atoms with Crippen molar-refractivity contribution in [3.8, 4) is 5.75 Å². The number of amides is 1. The van der Waals surface area contributed by atoms with Crippen LogP contribution >= 0.6 is 0 Å². The Labute approximate surface area is 172 Å². The lowest BCUT2D eigenvalue weighted by atomic mass is 10.2. The van der Waals surface area contributed by atoms with Gasteiger partial charge in [-0.2, -0.15) is 0 Å². The van der Waals surface area contributed by atoms with Gasteiger partial charge < -0.3 is 19.1 Å². The summed E-state index contributed by atoms with van der Waals surface area (Å²) in [6, 6.07) is 8.05. The summed E-state index contributed by atoms with van der Waals surface area (Å²) in [6.07, 6.45) is 1.94. The Hall–Kier alpha value is -2.54. The van der Waals surface area contributed by atoms with Crippen LogP contribution in [0.15, 0.2) is 30.5 Å². The first-order valence-electron chi connectivity index (χ1n) is 10.5. The second-order valence-corrected chi connectivity index (χ2v) is 8.32. The molecule has 0 saturated carbocycles. The molecule has 29 heavy (non-hydrogen) atoms. The lowest BCUT2D eigenvalue weighted by Crippen LogP contribution is -2.49. The van der Waals surface area contributed by atoms with Gasteiger partial charge in [-0.15, -0.1) is 0 Å². The Morgan fingerprint density at radius 3 is 2.59 bits per heavy atom. The number of fused-ring (bicyclic) bond motifs is 1. The largest absolute Gasteiger partial charge is 0.495 e. The van der Waals surface area contributed by atoms with Gasteiger partial charge in [0, 0.05) is 52.0 Å². The summed E-state index contributed by atoms with van der Waals surface area (Å²) >= 11 is 0. The molecule has 2 aliphatic heterocycles. The van der Waals surface area contributed by atoms with Crippen LogP contribution in [-0.2, 0) is 13.1 Å². The number of aromatic nitrogens is 2. The molecule has 1 saturated heterocycles. The maximum absolute atomic E-state index is 13.0. The predicted octanol–water partition coefficient (Wildman–Crippen LogP) is 2.33. The van der Waals surface area contributed by atoms with E-state index in [4.69, 9.17) is 4.74 Å². The molecule has 4 rings (SSSR count). The second kappa shape index (κ2) is 8.45. The number of methoxy groups -OCH3 is 1. The minimum absolute atomic E-state index is 0.0435. The molecule has 0 N–H and O–H groups in total. The third kappa shape index (κ3) is 4.24. The highest BCUT2D eigenvalue weighted by molar-refractivity contribution is 5.92. The summed E-state index contributed by atoms with van der Waals surface area (Å²) in [5.74, 6) is 2.56. The molecule has 3 heterocycles. The highest BCUT2D eigenvalue weighted by atomic mass is 16.5. The monoisotopic (exact) mass is 397 g/mol. The number of hydrogen-bond acceptors (Lipinski definition) is 5. The quantitative estimate of drug-likeness (QED) is 0.775. The van der Waals surface area contributed by atoms with Crippen LogP contribution < -0.4 is 9.64 Å². The molecule has 0 unspecified atom stereocenters. The lowest BCUT2D eigenvalue weighted by molar-refractivity contribution is 0.0741. The maximum atomic E-state index is 13.0. The van der Waals surface area contributed by atoms with Crippen molar-refractivity contribution in [3.63, 3.8) is 0 Å². The first-order valence-corrected chi connectivity index (χ1v) is 10.5. The molecule has 0 aliphatic carbocycles. The van der Waals surface area contributed by atoms with E-state index in [1.54, 1.807) is 7.11 Å². The van der Waals surface area contributed by atoms with Crippen molar-refractivity contribution in [2.45, 2.75) is 26.9 Å². The minimum atomic E-state index is 0.0435. The normalized spacial score (nSPS) is 17.5. The van der Waals surface area contributed by atoms with E-state index >= 15 is 0 Å². The number of piperazine rings is 1. The number of hydrogen-bond donors (Lipinski definition) is 0. The standard InChI is InChI=1S/C22H31N5O2/c1-17(2)14-24-8-9-27-15-18(23-21(27)16-24)22(28)26-12-10-25(11-13-26)19-6-4-5-7-20(19)29-3/h4-7,15,17H,8-14,16H2,1-3H3. The lowest BCUT2D eigenvalue weighted by Gasteiger charge is -2.36. The van der Waals surface area contributed by atoms with Gasteiger partial charge in [-0.3, -0.25) is 9.69 Å². The van der Waals surface area contributed by atoms with E-state index in [0.29, 0.717) is 24.7 Å². The third-order valence-electron chi connectivity index (χ3n) is 5.72. The summed E-state index contributed by atoms with van der Waals surface area (Å²) < 4.78 is 7.63. The Balaban J connectivity index is 1.39. The molecular formula is C22H31N5O2. The van der Waals surface area contributed by atoms with Crippen LogP contribution in [0.1, 0.15) is 30.2 Å². The average molecular weight is 398 g/mol. The van der Waals surface area contributed by atoms with Crippen LogP contribution in [0.4, 0.5) is 5.69 Å². The van der Waals surface area contributed by atoms with Crippen molar-refractivity contribution in [2.75, 3.05) is 51.3 Å². The number of carbonyl (C=O) groups is 1. The number of anilines is 1. The van der Waals surface area contributed by atoms with E-state index in [1.165, 1.54) is 0 Å². The van der Waals surface area contributed by atoms with Crippen molar-refractivity contribution < 1.29 is 9.53 Å². The average Bonchev–Trinajstić information content (AvgIpc) is 3.16. The van der Waals surface area contributed by atoms with Crippen LogP contribution in [-0.4, -0.2) is 71.6 Å². The summed E-state index contributed by atoms with van der Waals surface area (Å²) in [6.45, 7) is 11.3. The van der Waals surface area contributed by atoms with Crippen LogP contribution in [0.25, 0.3) is 0 Å². The van der Waals surface area contributed by atoms with Gasteiger partial charge in [-0.25, -0.2) is 4.98 Å². The highest BCUT2D eigenvalue weighted by Gasteiger charge is 2.27. The number of benzene rings is 1. The fourth-order valence-corrected chi connectivity index (χ4v) is 4.28. The van der Waals surface area contributed by atoms with Gasteiger partial charge in [-0.05, 0) is 18.1 Å². The zero-order valence-electron chi connectivity index (χ0n) is 17.7. The molecule has 1 amide bonds. The van der Waals surface area contributed by atoms with Crippen molar-refractivity contribution >= 4 is 11.6 Å². The predicted molar refractivity (Wildman–Crippen MR) is 113 cm³/mol. The molecule has 1 fully saturated rings. The van der Waals surface area contributed by atoms with Gasteiger partial charge in [0.05, 0.1) is 19.3 Å². The number of ether oxygens (including phenoxy) is 1. The molecule has 0 radical (unpaired) electrons. The SMILES string of the molecule is COc1ccccc1N1CCN(C(=O)c2cn3c(n2)CN(CC(C)C)CC3)CC1. The van der Waals surface area contributed by atoms with Crippen LogP contribution in [0.2, 0.25) is 0 Å². The molecule has 1 aromatic carbocycles. The van der Waals surface area contributed by atoms with Gasteiger partial charge in [0.2, 0.25) is 0 Å². The summed E-state index contributed by atoms with van der Waals surface area (Å²) in [5.41, 5.74) is 1.67. The number of rotatable bonds is 5. The fraction of sp³-hybridized carbons (Fsp3) is 0.545. The number of nitrogens with zero attached hydrogens (tertiary/aromatic N) is 5. The molecular weight excluding hydrogens is 366 g/mol. The van der Waals surface area contributed by atoms with Gasteiger partial charge in [0.1, 0.15) is 17.3 Å². The first-order chi connectivity index (χ1) is 14.0. The van der Waals surface area contributed by atoms with E-state index in [-0.39, 0.29) is 5.91 Å². The summed E-state index contributed by atoms with van der Waals surface area (Å²) in [4.78, 5) is 24.3. The third-order valence-corrected chi connectivity index (χ3v) is 5.72. The summed E-state index contributed by atoms with van der Waals surface area (Å²) in [5, 5.41) is 0. The zero-order valence-corrected chi connectivity index (χ0v) is 17.7. The molecule has 0 atom stereocenters. The van der Waals surface area contributed by atoms with Crippen LogP contribution in [0.3, 0.4) is 0 Å². The van der Waals surface area contributed by atoms with Crippen LogP contribution in [0.5, 0.6) is 5.75 Å². The number of para-hydroxylation sites is 2. The number of imidazole rings is 1. The molecule has 7 heteroatoms. The molecule has 1 aromatic heterocycles. The van der Waals surface area contributed by atoms with E-state index in [9.17, 15) is 4.79 Å². The Kier molecular flexibility index (Phi) is 5.76. The molecule has 7 nitrogen and oxygen atoms in total. The van der Waals surface area contributed by atoms with Gasteiger partial charge in [0.25, 0.3) is 5.91 Å². The summed E-state index contributed by atoms with van der Waals surface area (Å²) in [7, 11) is 1.70. The molecule has 156 valence electrons. The zero-order chi connectivity index (χ0) is 20.4. The number of carbonyl (C=O) groups excluding carboxylic acids is 1. The minimum Gasteiger partial charge on any atom is -0.495 e. The topological polar surface area (TPSA) is 53.8 Å². The van der Waals surface area contributed by atoms with Crippen molar-refractivity contribution in [2.24, 2.45) is 5.92 Å². The van der Waals surface area contributed by atoms with E-state index < -0.39 is 0 Å². The first kappa shape index (κ1) is 19.8. The fourth-order valence-electron chi connectivity index (χ4n) is 4.28. The Morgan fingerprint density at radius 1 is 1.10 bits per heavy atom. The van der Waals surface area contributed by atoms with E-state index in [1.807, 2.05) is 29.3 Å². The van der Waals surface area contributed by atoms with Gasteiger partial charge >= 0.3 is 0 Å². The van der Waals surface area contributed by atoms with Crippen molar-refractivity contribution in [3.05, 3.63) is 42.0 Å². The molecule has 2 aromatic rings. The Bertz CT molecular complexity index is 855. The van der Waals surface area contributed by atoms with Gasteiger partial charge in [-0.1, -0.05) is 26.0 Å². The highest BCUT2D eigenvalue weighted by Crippen LogP contribution is 2.28. The van der Waals surface area contributed by atoms with E-state index in [0.717, 1.165) is 56.5 Å². The van der Waals surface area contributed by atoms with Gasteiger partial charge in [0.15, 0.2) is 0 Å². The molecule has 2 aliphatic rings. The smallest absolute Gasteiger partial charge is 0.274 e. The van der Waals surface area contributed by atoms with Crippen molar-refractivity contribution in [1.29, 1.82) is 0 Å². The molecule has 0 spiro atoms.